The minimum absolute atomic E-state index is 0.0264. The fourth-order valence-electron chi connectivity index (χ4n) is 4.94. The summed E-state index contributed by atoms with van der Waals surface area (Å²) in [6.07, 6.45) is -4.72. The molecule has 0 spiro atoms. The molecule has 0 bridgehead atoms. The van der Waals surface area contributed by atoms with Gasteiger partial charge in [-0.15, -0.1) is 0 Å². The van der Waals surface area contributed by atoms with E-state index in [4.69, 9.17) is 0 Å². The highest BCUT2D eigenvalue weighted by Gasteiger charge is 2.41. The first-order valence-electron chi connectivity index (χ1n) is 11.0. The Balaban J connectivity index is 1.60. The average Bonchev–Trinajstić information content (AvgIpc) is 3.14. The van der Waals surface area contributed by atoms with Crippen molar-refractivity contribution in [3.8, 4) is 0 Å². The van der Waals surface area contributed by atoms with Gasteiger partial charge in [-0.05, 0) is 35.2 Å². The van der Waals surface area contributed by atoms with Crippen molar-refractivity contribution >= 4 is 5.91 Å². The summed E-state index contributed by atoms with van der Waals surface area (Å²) in [5.74, 6) is -0.131. The molecule has 1 fully saturated rings. The van der Waals surface area contributed by atoms with Gasteiger partial charge in [0.15, 0.2) is 0 Å². The smallest absolute Gasteiger partial charge is 0.333 e. The number of rotatable bonds is 4. The van der Waals surface area contributed by atoms with Crippen LogP contribution in [0.25, 0.3) is 0 Å². The van der Waals surface area contributed by atoms with E-state index in [1.165, 1.54) is 17.7 Å². The predicted molar refractivity (Wildman–Crippen MR) is 115 cm³/mol. The number of nitrogens with zero attached hydrogens (tertiary/aromatic N) is 2. The van der Waals surface area contributed by atoms with Crippen LogP contribution < -0.4 is 0 Å². The maximum atomic E-state index is 13.8. The first kappa shape index (κ1) is 22.8. The van der Waals surface area contributed by atoms with Crippen molar-refractivity contribution in [3.63, 3.8) is 0 Å². The second-order valence-electron chi connectivity index (χ2n) is 9.53. The monoisotopic (exact) mass is 448 g/mol. The van der Waals surface area contributed by atoms with Crippen molar-refractivity contribution in [2.24, 2.45) is 0 Å². The van der Waals surface area contributed by atoms with Crippen molar-refractivity contribution in [1.82, 2.24) is 9.80 Å². The first-order chi connectivity index (χ1) is 15.0. The standard InChI is InChI=1S/C25H28F4N2O/c1-24(2)16-31(23(32)13-17-7-9-18(10-8-17)25(27,28)29)22(15-30-12-11-19(26)14-30)20-5-3-4-6-21(20)24/h3-10,19,22H,11-16H2,1-2H3. The van der Waals surface area contributed by atoms with Crippen LogP contribution in [0.15, 0.2) is 48.5 Å². The van der Waals surface area contributed by atoms with E-state index in [1.54, 1.807) is 0 Å². The lowest BCUT2D eigenvalue weighted by Gasteiger charge is -2.46. The Hall–Kier alpha value is -2.41. The van der Waals surface area contributed by atoms with Gasteiger partial charge in [0, 0.05) is 31.6 Å². The zero-order valence-electron chi connectivity index (χ0n) is 18.3. The molecule has 4 rings (SSSR count). The van der Waals surface area contributed by atoms with Gasteiger partial charge in [-0.25, -0.2) is 4.39 Å². The molecule has 7 heteroatoms. The largest absolute Gasteiger partial charge is 0.416 e. The highest BCUT2D eigenvalue weighted by atomic mass is 19.4. The Labute approximate surface area is 186 Å². The van der Waals surface area contributed by atoms with Gasteiger partial charge in [0.1, 0.15) is 6.17 Å². The minimum Gasteiger partial charge on any atom is -0.333 e. The van der Waals surface area contributed by atoms with Crippen LogP contribution in [0.2, 0.25) is 0 Å². The summed E-state index contributed by atoms with van der Waals surface area (Å²) in [5.41, 5.74) is 1.79. The lowest BCUT2D eigenvalue weighted by Crippen LogP contribution is -2.51. The van der Waals surface area contributed by atoms with Gasteiger partial charge in [0.05, 0.1) is 18.0 Å². The molecule has 2 unspecified atom stereocenters. The van der Waals surface area contributed by atoms with Crippen molar-refractivity contribution in [2.75, 3.05) is 26.2 Å². The molecule has 3 nitrogen and oxygen atoms in total. The second kappa shape index (κ2) is 8.50. The highest BCUT2D eigenvalue weighted by molar-refractivity contribution is 5.80. The van der Waals surface area contributed by atoms with Crippen LogP contribution in [0.1, 0.15) is 48.6 Å². The molecule has 172 valence electrons. The lowest BCUT2D eigenvalue weighted by atomic mass is 9.75. The van der Waals surface area contributed by atoms with E-state index in [-0.39, 0.29) is 23.8 Å². The van der Waals surface area contributed by atoms with Gasteiger partial charge in [-0.1, -0.05) is 50.2 Å². The summed E-state index contributed by atoms with van der Waals surface area (Å²) < 4.78 is 52.4. The second-order valence-corrected chi connectivity index (χ2v) is 9.53. The van der Waals surface area contributed by atoms with Gasteiger partial charge >= 0.3 is 6.18 Å². The van der Waals surface area contributed by atoms with Gasteiger partial charge < -0.3 is 4.90 Å². The number of amides is 1. The van der Waals surface area contributed by atoms with Crippen LogP contribution in [-0.4, -0.2) is 48.1 Å². The SMILES string of the molecule is CC1(C)CN(C(=O)Cc2ccc(C(F)(F)F)cc2)C(CN2CCC(F)C2)c2ccccc21. The quantitative estimate of drug-likeness (QED) is 0.604. The molecule has 2 aliphatic heterocycles. The first-order valence-corrected chi connectivity index (χ1v) is 11.0. The zero-order chi connectivity index (χ0) is 23.1. The van der Waals surface area contributed by atoms with Crippen LogP contribution in [0.3, 0.4) is 0 Å². The molecule has 0 aromatic heterocycles. The number of alkyl halides is 4. The van der Waals surface area contributed by atoms with Gasteiger partial charge in [-0.3, -0.25) is 9.69 Å². The van der Waals surface area contributed by atoms with E-state index in [1.807, 2.05) is 23.1 Å². The third-order valence-corrected chi connectivity index (χ3v) is 6.59. The van der Waals surface area contributed by atoms with Gasteiger partial charge in [0.2, 0.25) is 5.91 Å². The summed E-state index contributed by atoms with van der Waals surface area (Å²) in [6, 6.07) is 12.6. The molecule has 2 aromatic rings. The fourth-order valence-corrected chi connectivity index (χ4v) is 4.94. The molecule has 2 heterocycles. The van der Waals surface area contributed by atoms with E-state index < -0.39 is 17.9 Å². The Morgan fingerprint density at radius 2 is 1.78 bits per heavy atom. The Morgan fingerprint density at radius 3 is 2.41 bits per heavy atom. The maximum Gasteiger partial charge on any atom is 0.416 e. The molecule has 32 heavy (non-hydrogen) atoms. The van der Waals surface area contributed by atoms with E-state index >= 15 is 0 Å². The van der Waals surface area contributed by atoms with Crippen molar-refractivity contribution in [2.45, 2.75) is 50.5 Å². The average molecular weight is 449 g/mol. The Kier molecular flexibility index (Phi) is 6.05. The molecule has 0 radical (unpaired) electrons. The van der Waals surface area contributed by atoms with Crippen molar-refractivity contribution < 1.29 is 22.4 Å². The Bertz CT molecular complexity index is 971. The van der Waals surface area contributed by atoms with E-state index in [2.05, 4.69) is 24.8 Å². The van der Waals surface area contributed by atoms with Crippen LogP contribution in [0.4, 0.5) is 17.6 Å². The molecule has 1 saturated heterocycles. The summed E-state index contributed by atoms with van der Waals surface area (Å²) in [7, 11) is 0. The number of likely N-dealkylation sites (tertiary alicyclic amines) is 1. The van der Waals surface area contributed by atoms with E-state index in [9.17, 15) is 22.4 Å². The molecular formula is C25H28F4N2O. The third kappa shape index (κ3) is 4.68. The lowest BCUT2D eigenvalue weighted by molar-refractivity contribution is -0.137. The normalized spacial score (nSPS) is 23.2. The molecule has 2 atom stereocenters. The summed E-state index contributed by atoms with van der Waals surface area (Å²) in [5, 5.41) is 0. The minimum atomic E-state index is -4.40. The van der Waals surface area contributed by atoms with Crippen LogP contribution >= 0.6 is 0 Å². The molecule has 0 N–H and O–H groups in total. The highest BCUT2D eigenvalue weighted by Crippen LogP contribution is 2.40. The van der Waals surface area contributed by atoms with Crippen molar-refractivity contribution in [1.29, 1.82) is 0 Å². The third-order valence-electron chi connectivity index (χ3n) is 6.59. The molecule has 2 aliphatic rings. The zero-order valence-corrected chi connectivity index (χ0v) is 18.3. The van der Waals surface area contributed by atoms with Crippen LogP contribution in [-0.2, 0) is 22.8 Å². The van der Waals surface area contributed by atoms with Gasteiger partial charge in [0.25, 0.3) is 0 Å². The summed E-state index contributed by atoms with van der Waals surface area (Å²) >= 11 is 0. The number of halogens is 4. The fraction of sp³-hybridized carbons (Fsp3) is 0.480. The number of benzene rings is 2. The van der Waals surface area contributed by atoms with E-state index in [0.717, 1.165) is 17.7 Å². The van der Waals surface area contributed by atoms with E-state index in [0.29, 0.717) is 38.2 Å². The maximum absolute atomic E-state index is 13.8. The molecule has 0 aliphatic carbocycles. The number of hydrogen-bond donors (Lipinski definition) is 0. The topological polar surface area (TPSA) is 23.6 Å². The summed E-state index contributed by atoms with van der Waals surface area (Å²) in [4.78, 5) is 17.3. The molecule has 0 saturated carbocycles. The number of carbonyl (C=O) groups is 1. The molecule has 1 amide bonds. The number of hydrogen-bond acceptors (Lipinski definition) is 2. The molecule has 2 aromatic carbocycles. The Morgan fingerprint density at radius 1 is 1.09 bits per heavy atom. The molecular weight excluding hydrogens is 420 g/mol. The number of fused-ring (bicyclic) bond motifs is 1. The summed E-state index contributed by atoms with van der Waals surface area (Å²) in [6.45, 7) is 6.25. The van der Waals surface area contributed by atoms with Crippen LogP contribution in [0, 0.1) is 0 Å². The van der Waals surface area contributed by atoms with Crippen LogP contribution in [0.5, 0.6) is 0 Å². The van der Waals surface area contributed by atoms with Crippen molar-refractivity contribution in [3.05, 3.63) is 70.8 Å². The van der Waals surface area contributed by atoms with Gasteiger partial charge in [-0.2, -0.15) is 13.2 Å². The number of carbonyl (C=O) groups excluding carboxylic acids is 1. The predicted octanol–water partition coefficient (Wildman–Crippen LogP) is 5.15.